The predicted molar refractivity (Wildman–Crippen MR) is 86.9 cm³/mol. The highest BCUT2D eigenvalue weighted by Gasteiger charge is 2.10. The van der Waals surface area contributed by atoms with Crippen molar-refractivity contribution >= 4 is 46.0 Å². The van der Waals surface area contributed by atoms with E-state index in [0.29, 0.717) is 10.2 Å². The van der Waals surface area contributed by atoms with Crippen LogP contribution in [-0.2, 0) is 4.79 Å². The Bertz CT molecular complexity index is 804. The summed E-state index contributed by atoms with van der Waals surface area (Å²) in [6, 6.07) is 11.6. The number of hydrogen-bond donors (Lipinski definition) is 2. The number of nitrogens with zero attached hydrogens (tertiary/aromatic N) is 1. The van der Waals surface area contributed by atoms with Crippen molar-refractivity contribution in [2.75, 3.05) is 11.1 Å². The first-order valence-electron chi connectivity index (χ1n) is 6.44. The van der Waals surface area contributed by atoms with Gasteiger partial charge >= 0.3 is 0 Å². The summed E-state index contributed by atoms with van der Waals surface area (Å²) in [5.74, 6) is -0.732. The van der Waals surface area contributed by atoms with E-state index in [9.17, 15) is 9.18 Å². The van der Waals surface area contributed by atoms with Crippen LogP contribution in [0.25, 0.3) is 11.0 Å². The first-order valence-corrected chi connectivity index (χ1v) is 7.80. The molecule has 0 aliphatic heterocycles. The largest absolute Gasteiger partial charge is 0.333 e. The smallest absolute Gasteiger partial charge is 0.234 e. The zero-order chi connectivity index (χ0) is 15.5. The minimum Gasteiger partial charge on any atom is -0.333 e. The van der Waals surface area contributed by atoms with Crippen molar-refractivity contribution in [3.63, 3.8) is 0 Å². The zero-order valence-corrected chi connectivity index (χ0v) is 12.8. The Morgan fingerprint density at radius 2 is 2.14 bits per heavy atom. The van der Waals surface area contributed by atoms with Crippen molar-refractivity contribution in [1.29, 1.82) is 0 Å². The topological polar surface area (TPSA) is 57.8 Å². The summed E-state index contributed by atoms with van der Waals surface area (Å²) in [5, 5.41) is 3.50. The number of nitrogens with one attached hydrogen (secondary N) is 2. The summed E-state index contributed by atoms with van der Waals surface area (Å²) in [6.07, 6.45) is 0. The molecule has 0 radical (unpaired) electrons. The number of rotatable bonds is 4. The highest BCUT2D eigenvalue weighted by Crippen LogP contribution is 2.22. The summed E-state index contributed by atoms with van der Waals surface area (Å²) in [6.45, 7) is 0. The van der Waals surface area contributed by atoms with E-state index in [1.807, 2.05) is 24.3 Å². The highest BCUT2D eigenvalue weighted by molar-refractivity contribution is 7.99. The molecule has 7 heteroatoms. The third-order valence-corrected chi connectivity index (χ3v) is 4.02. The number of aromatic nitrogens is 2. The molecule has 0 saturated heterocycles. The van der Waals surface area contributed by atoms with Gasteiger partial charge in [-0.1, -0.05) is 35.5 Å². The fourth-order valence-electron chi connectivity index (χ4n) is 1.91. The lowest BCUT2D eigenvalue weighted by atomic mass is 10.3. The molecule has 1 heterocycles. The van der Waals surface area contributed by atoms with E-state index in [-0.39, 0.29) is 17.3 Å². The van der Waals surface area contributed by atoms with Crippen LogP contribution in [0.4, 0.5) is 10.1 Å². The van der Waals surface area contributed by atoms with Crippen molar-refractivity contribution in [3.05, 3.63) is 53.3 Å². The van der Waals surface area contributed by atoms with Gasteiger partial charge in [0.05, 0.1) is 22.5 Å². The summed E-state index contributed by atoms with van der Waals surface area (Å²) in [7, 11) is 0. The molecule has 22 heavy (non-hydrogen) atoms. The first-order chi connectivity index (χ1) is 10.6. The molecule has 1 amide bonds. The number of anilines is 1. The molecule has 0 spiro atoms. The van der Waals surface area contributed by atoms with Gasteiger partial charge in [-0.2, -0.15) is 0 Å². The maximum atomic E-state index is 13.5. The maximum absolute atomic E-state index is 13.5. The summed E-state index contributed by atoms with van der Waals surface area (Å²) in [5.41, 5.74) is 1.82. The molecule has 0 saturated carbocycles. The molecule has 0 atom stereocenters. The number of amides is 1. The first kappa shape index (κ1) is 14.9. The normalized spacial score (nSPS) is 10.8. The second-order valence-electron chi connectivity index (χ2n) is 4.52. The second-order valence-corrected chi connectivity index (χ2v) is 5.92. The molecule has 2 aromatic carbocycles. The van der Waals surface area contributed by atoms with Gasteiger partial charge in [0.15, 0.2) is 5.16 Å². The van der Waals surface area contributed by atoms with Crippen molar-refractivity contribution in [2.24, 2.45) is 0 Å². The minimum absolute atomic E-state index is 0.0720. The molecular weight excluding hydrogens is 325 g/mol. The van der Waals surface area contributed by atoms with Gasteiger partial charge in [0, 0.05) is 5.02 Å². The number of hydrogen-bond acceptors (Lipinski definition) is 3. The fourth-order valence-corrected chi connectivity index (χ4v) is 2.77. The van der Waals surface area contributed by atoms with Gasteiger partial charge in [-0.25, -0.2) is 9.37 Å². The summed E-state index contributed by atoms with van der Waals surface area (Å²) < 4.78 is 13.5. The lowest BCUT2D eigenvalue weighted by Gasteiger charge is -2.05. The van der Waals surface area contributed by atoms with Gasteiger partial charge in [-0.15, -0.1) is 0 Å². The molecule has 0 aliphatic carbocycles. The second kappa shape index (κ2) is 6.37. The van der Waals surface area contributed by atoms with Crippen molar-refractivity contribution in [3.8, 4) is 0 Å². The van der Waals surface area contributed by atoms with Gasteiger partial charge in [-0.3, -0.25) is 4.79 Å². The van der Waals surface area contributed by atoms with E-state index in [4.69, 9.17) is 11.6 Å². The molecular formula is C15H11ClFN3OS. The van der Waals surface area contributed by atoms with Gasteiger partial charge in [-0.05, 0) is 30.3 Å². The number of thioether (sulfide) groups is 1. The number of imidazole rings is 1. The summed E-state index contributed by atoms with van der Waals surface area (Å²) >= 11 is 7.03. The Labute approximate surface area is 135 Å². The molecule has 0 aliphatic rings. The van der Waals surface area contributed by atoms with Crippen LogP contribution in [0.2, 0.25) is 5.02 Å². The third-order valence-electron chi connectivity index (χ3n) is 2.91. The maximum Gasteiger partial charge on any atom is 0.234 e. The Morgan fingerprint density at radius 1 is 1.32 bits per heavy atom. The number of carbonyl (C=O) groups is 1. The van der Waals surface area contributed by atoms with Crippen LogP contribution in [0.3, 0.4) is 0 Å². The van der Waals surface area contributed by atoms with Gasteiger partial charge in [0.2, 0.25) is 5.91 Å². The van der Waals surface area contributed by atoms with E-state index in [1.165, 1.54) is 30.0 Å². The molecule has 3 rings (SSSR count). The van der Waals surface area contributed by atoms with E-state index >= 15 is 0 Å². The molecule has 0 unspecified atom stereocenters. The number of carbonyl (C=O) groups excluding carboxylic acids is 1. The lowest BCUT2D eigenvalue weighted by Crippen LogP contribution is -2.15. The van der Waals surface area contributed by atoms with Crippen LogP contribution in [-0.4, -0.2) is 21.6 Å². The Balaban J connectivity index is 1.63. The van der Waals surface area contributed by atoms with Gasteiger partial charge in [0.25, 0.3) is 0 Å². The van der Waals surface area contributed by atoms with Crippen LogP contribution in [0.15, 0.2) is 47.6 Å². The number of para-hydroxylation sites is 2. The molecule has 0 fully saturated rings. The number of aromatic amines is 1. The number of benzene rings is 2. The Kier molecular flexibility index (Phi) is 4.31. The molecule has 4 nitrogen and oxygen atoms in total. The van der Waals surface area contributed by atoms with E-state index in [1.54, 1.807) is 0 Å². The van der Waals surface area contributed by atoms with Crippen LogP contribution >= 0.6 is 23.4 Å². The Hall–Kier alpha value is -2.05. The standard InChI is InChI=1S/C15H11ClFN3OS/c16-9-5-6-10(17)13(7-9)18-14(21)8-22-15-19-11-3-1-2-4-12(11)20-15/h1-7H,8H2,(H,18,21)(H,19,20). The number of fused-ring (bicyclic) bond motifs is 1. The quantitative estimate of drug-likeness (QED) is 0.706. The third kappa shape index (κ3) is 3.40. The summed E-state index contributed by atoms with van der Waals surface area (Å²) in [4.78, 5) is 19.3. The Morgan fingerprint density at radius 3 is 2.95 bits per heavy atom. The average molecular weight is 336 g/mol. The van der Waals surface area contributed by atoms with Crippen LogP contribution in [0.1, 0.15) is 0 Å². The van der Waals surface area contributed by atoms with Crippen molar-refractivity contribution in [2.45, 2.75) is 5.16 Å². The van der Waals surface area contributed by atoms with E-state index in [2.05, 4.69) is 15.3 Å². The predicted octanol–water partition coefficient (Wildman–Crippen LogP) is 4.09. The van der Waals surface area contributed by atoms with Gasteiger partial charge < -0.3 is 10.3 Å². The average Bonchev–Trinajstić information content (AvgIpc) is 2.92. The molecule has 112 valence electrons. The SMILES string of the molecule is O=C(CSc1nc2ccccc2[nH]1)Nc1cc(Cl)ccc1F. The molecule has 3 aromatic rings. The van der Waals surface area contributed by atoms with E-state index in [0.717, 1.165) is 11.0 Å². The monoisotopic (exact) mass is 335 g/mol. The van der Waals surface area contributed by atoms with Crippen molar-refractivity contribution in [1.82, 2.24) is 9.97 Å². The van der Waals surface area contributed by atoms with Crippen LogP contribution < -0.4 is 5.32 Å². The fraction of sp³-hybridized carbons (Fsp3) is 0.0667. The number of H-pyrrole nitrogens is 1. The van der Waals surface area contributed by atoms with Crippen molar-refractivity contribution < 1.29 is 9.18 Å². The molecule has 2 N–H and O–H groups in total. The zero-order valence-electron chi connectivity index (χ0n) is 11.3. The minimum atomic E-state index is -0.522. The molecule has 0 bridgehead atoms. The van der Waals surface area contributed by atoms with Crippen LogP contribution in [0, 0.1) is 5.82 Å². The highest BCUT2D eigenvalue weighted by atomic mass is 35.5. The van der Waals surface area contributed by atoms with Crippen LogP contribution in [0.5, 0.6) is 0 Å². The molecule has 1 aromatic heterocycles. The van der Waals surface area contributed by atoms with Gasteiger partial charge in [0.1, 0.15) is 5.82 Å². The number of halogens is 2. The lowest BCUT2D eigenvalue weighted by molar-refractivity contribution is -0.113. The van der Waals surface area contributed by atoms with E-state index < -0.39 is 5.82 Å².